The molecule has 0 radical (unpaired) electrons. The fourth-order valence-electron chi connectivity index (χ4n) is 6.53. The molecule has 1 N–H and O–H groups in total. The normalized spacial score (nSPS) is 31.4. The molecule has 4 aliphatic heterocycles. The molecule has 2 aromatic rings. The van der Waals surface area contributed by atoms with Gasteiger partial charge in [0.1, 0.15) is 5.54 Å². The van der Waals surface area contributed by atoms with Crippen LogP contribution in [0, 0.1) is 18.8 Å². The van der Waals surface area contributed by atoms with Crippen molar-refractivity contribution in [2.75, 3.05) is 16.8 Å². The molecular formula is C25H25N3O3. The molecule has 4 atom stereocenters. The third-order valence-electron chi connectivity index (χ3n) is 7.79. The summed E-state index contributed by atoms with van der Waals surface area (Å²) < 4.78 is 0. The largest absolute Gasteiger partial charge is 0.324 e. The van der Waals surface area contributed by atoms with E-state index in [1.807, 2.05) is 49.4 Å². The van der Waals surface area contributed by atoms with Crippen LogP contribution in [0.4, 0.5) is 11.4 Å². The SMILES string of the molecule is CCc1cccc2c1NC(=O)C21C2C(=O)N(c3ccc(C)cc3)C(=O)C2C2CCCN21. The lowest BCUT2D eigenvalue weighted by molar-refractivity contribution is -0.135. The molecule has 3 fully saturated rings. The summed E-state index contributed by atoms with van der Waals surface area (Å²) in [4.78, 5) is 44.8. The van der Waals surface area contributed by atoms with Crippen LogP contribution in [-0.4, -0.2) is 35.2 Å². The van der Waals surface area contributed by atoms with E-state index in [9.17, 15) is 14.4 Å². The first-order chi connectivity index (χ1) is 15.0. The van der Waals surface area contributed by atoms with E-state index in [0.29, 0.717) is 5.69 Å². The maximum absolute atomic E-state index is 13.9. The highest BCUT2D eigenvalue weighted by Gasteiger charge is 2.74. The van der Waals surface area contributed by atoms with Gasteiger partial charge >= 0.3 is 0 Å². The summed E-state index contributed by atoms with van der Waals surface area (Å²) in [6, 6.07) is 13.3. The molecule has 6 nitrogen and oxygen atoms in total. The van der Waals surface area contributed by atoms with Crippen molar-refractivity contribution in [3.63, 3.8) is 0 Å². The Kier molecular flexibility index (Phi) is 3.79. The molecule has 158 valence electrons. The van der Waals surface area contributed by atoms with Crippen LogP contribution in [0.5, 0.6) is 0 Å². The van der Waals surface area contributed by atoms with Crippen LogP contribution in [0.3, 0.4) is 0 Å². The van der Waals surface area contributed by atoms with Gasteiger partial charge in [-0.1, -0.05) is 42.8 Å². The van der Waals surface area contributed by atoms with Gasteiger partial charge in [0.2, 0.25) is 17.7 Å². The van der Waals surface area contributed by atoms with Crippen molar-refractivity contribution in [2.24, 2.45) is 11.8 Å². The summed E-state index contributed by atoms with van der Waals surface area (Å²) in [5.41, 5.74) is 3.32. The zero-order valence-corrected chi connectivity index (χ0v) is 17.7. The number of fused-ring (bicyclic) bond motifs is 7. The van der Waals surface area contributed by atoms with Crippen molar-refractivity contribution < 1.29 is 14.4 Å². The van der Waals surface area contributed by atoms with Crippen molar-refractivity contribution in [3.8, 4) is 0 Å². The van der Waals surface area contributed by atoms with Crippen molar-refractivity contribution in [2.45, 2.75) is 44.7 Å². The standard InChI is InChI=1S/C25H25N3O3/c1-3-15-6-4-7-17-21(15)26-24(31)25(17)20-19(18-8-5-13-27(18)25)22(29)28(23(20)30)16-11-9-14(2)10-12-16/h4,6-7,9-12,18-20H,3,5,8,13H2,1-2H3,(H,26,31). The fourth-order valence-corrected chi connectivity index (χ4v) is 6.53. The van der Waals surface area contributed by atoms with Crippen LogP contribution in [0.1, 0.15) is 36.5 Å². The lowest BCUT2D eigenvalue weighted by atomic mass is 9.75. The maximum Gasteiger partial charge on any atom is 0.250 e. The summed E-state index contributed by atoms with van der Waals surface area (Å²) in [7, 11) is 0. The van der Waals surface area contributed by atoms with Crippen molar-refractivity contribution in [1.29, 1.82) is 0 Å². The van der Waals surface area contributed by atoms with Crippen molar-refractivity contribution >= 4 is 29.1 Å². The molecule has 6 rings (SSSR count). The second-order valence-corrected chi connectivity index (χ2v) is 9.17. The predicted molar refractivity (Wildman–Crippen MR) is 117 cm³/mol. The predicted octanol–water partition coefficient (Wildman–Crippen LogP) is 2.99. The summed E-state index contributed by atoms with van der Waals surface area (Å²) in [6.07, 6.45) is 2.55. The topological polar surface area (TPSA) is 69.7 Å². The van der Waals surface area contributed by atoms with Crippen molar-refractivity contribution in [3.05, 3.63) is 59.2 Å². The van der Waals surface area contributed by atoms with Crippen molar-refractivity contribution in [1.82, 2.24) is 4.90 Å². The monoisotopic (exact) mass is 415 g/mol. The Hall–Kier alpha value is -2.99. The van der Waals surface area contributed by atoms with Gasteiger partial charge in [-0.3, -0.25) is 19.3 Å². The molecule has 3 amide bonds. The Balaban J connectivity index is 1.56. The van der Waals surface area contributed by atoms with E-state index in [4.69, 9.17) is 0 Å². The van der Waals surface area contributed by atoms with E-state index in [1.54, 1.807) is 0 Å². The third-order valence-corrected chi connectivity index (χ3v) is 7.79. The number of hydrogen-bond donors (Lipinski definition) is 1. The highest BCUT2D eigenvalue weighted by atomic mass is 16.2. The summed E-state index contributed by atoms with van der Waals surface area (Å²) in [6.45, 7) is 4.76. The van der Waals surface area contributed by atoms with Crippen LogP contribution >= 0.6 is 0 Å². The quantitative estimate of drug-likeness (QED) is 0.766. The van der Waals surface area contributed by atoms with E-state index < -0.39 is 17.4 Å². The molecule has 0 aromatic heterocycles. The zero-order valence-electron chi connectivity index (χ0n) is 17.7. The molecule has 3 saturated heterocycles. The second-order valence-electron chi connectivity index (χ2n) is 9.17. The van der Waals surface area contributed by atoms with Gasteiger partial charge in [0.15, 0.2) is 0 Å². The first kappa shape index (κ1) is 18.8. The molecular weight excluding hydrogens is 390 g/mol. The zero-order chi connectivity index (χ0) is 21.5. The van der Waals surface area contributed by atoms with E-state index in [2.05, 4.69) is 17.1 Å². The minimum absolute atomic E-state index is 0.0844. The smallest absolute Gasteiger partial charge is 0.250 e. The molecule has 2 aromatic carbocycles. The highest BCUT2D eigenvalue weighted by Crippen LogP contribution is 2.61. The Morgan fingerprint density at radius 2 is 1.84 bits per heavy atom. The van der Waals surface area contributed by atoms with Gasteiger partial charge in [0.05, 0.1) is 17.5 Å². The number of carbonyl (C=O) groups excluding carboxylic acids is 3. The number of carbonyl (C=O) groups is 3. The van der Waals surface area contributed by atoms with Crippen LogP contribution in [0.2, 0.25) is 0 Å². The first-order valence-electron chi connectivity index (χ1n) is 11.1. The summed E-state index contributed by atoms with van der Waals surface area (Å²) in [5.74, 6) is -1.76. The van der Waals surface area contributed by atoms with Gasteiger partial charge in [-0.15, -0.1) is 0 Å². The summed E-state index contributed by atoms with van der Waals surface area (Å²) >= 11 is 0. The van der Waals surface area contributed by atoms with Crippen LogP contribution in [0.15, 0.2) is 42.5 Å². The lowest BCUT2D eigenvalue weighted by Gasteiger charge is -2.36. The Labute approximate surface area is 181 Å². The number of imide groups is 1. The van der Waals surface area contributed by atoms with Gasteiger partial charge in [0, 0.05) is 17.3 Å². The third kappa shape index (κ3) is 2.13. The number of rotatable bonds is 2. The molecule has 0 bridgehead atoms. The van der Waals surface area contributed by atoms with Gasteiger partial charge < -0.3 is 5.32 Å². The van der Waals surface area contributed by atoms with Crippen LogP contribution < -0.4 is 10.2 Å². The summed E-state index contributed by atoms with van der Waals surface area (Å²) in [5, 5.41) is 3.11. The van der Waals surface area contributed by atoms with E-state index in [-0.39, 0.29) is 23.8 Å². The molecule has 6 heteroatoms. The Morgan fingerprint density at radius 1 is 1.06 bits per heavy atom. The Bertz CT molecular complexity index is 1140. The number of aryl methyl sites for hydroxylation is 2. The molecule has 4 unspecified atom stereocenters. The van der Waals surface area contributed by atoms with E-state index >= 15 is 0 Å². The number of nitrogens with zero attached hydrogens (tertiary/aromatic N) is 2. The molecule has 31 heavy (non-hydrogen) atoms. The molecule has 4 heterocycles. The van der Waals surface area contributed by atoms with E-state index in [1.165, 1.54) is 4.90 Å². The van der Waals surface area contributed by atoms with Gasteiger partial charge in [0.25, 0.3) is 0 Å². The average molecular weight is 415 g/mol. The van der Waals surface area contributed by atoms with Crippen LogP contribution in [0.25, 0.3) is 0 Å². The average Bonchev–Trinajstić information content (AvgIpc) is 3.47. The number of benzene rings is 2. The molecule has 4 aliphatic rings. The second kappa shape index (κ2) is 6.26. The number of amides is 3. The maximum atomic E-state index is 13.9. The minimum atomic E-state index is -1.10. The molecule has 1 spiro atoms. The number of anilines is 2. The van der Waals surface area contributed by atoms with Gasteiger partial charge in [-0.25, -0.2) is 4.90 Å². The molecule has 0 aliphatic carbocycles. The lowest BCUT2D eigenvalue weighted by Crippen LogP contribution is -2.54. The number of nitrogens with one attached hydrogen (secondary N) is 1. The van der Waals surface area contributed by atoms with E-state index in [0.717, 1.165) is 48.2 Å². The highest BCUT2D eigenvalue weighted by molar-refractivity contribution is 6.25. The fraction of sp³-hybridized carbons (Fsp3) is 0.400. The Morgan fingerprint density at radius 3 is 2.58 bits per heavy atom. The first-order valence-corrected chi connectivity index (χ1v) is 11.1. The number of hydrogen-bond acceptors (Lipinski definition) is 4. The number of para-hydroxylation sites is 1. The van der Waals surface area contributed by atoms with Gasteiger partial charge in [-0.2, -0.15) is 0 Å². The molecule has 0 saturated carbocycles. The van der Waals surface area contributed by atoms with Gasteiger partial charge in [-0.05, 0) is 50.4 Å². The minimum Gasteiger partial charge on any atom is -0.324 e. The van der Waals surface area contributed by atoms with Crippen LogP contribution in [-0.2, 0) is 26.3 Å².